The molecule has 1 aliphatic carbocycles. The average molecular weight is 442 g/mol. The zero-order valence-electron chi connectivity index (χ0n) is 20.6. The van der Waals surface area contributed by atoms with Crippen molar-refractivity contribution in [2.45, 2.75) is 65.3 Å². The van der Waals surface area contributed by atoms with Crippen LogP contribution in [0.3, 0.4) is 0 Å². The van der Waals surface area contributed by atoms with Gasteiger partial charge in [0.1, 0.15) is 5.41 Å². The summed E-state index contributed by atoms with van der Waals surface area (Å²) in [6.07, 6.45) is 6.15. The molecule has 3 fully saturated rings. The third-order valence-corrected chi connectivity index (χ3v) is 8.27. The summed E-state index contributed by atoms with van der Waals surface area (Å²) >= 11 is 0. The molecule has 0 spiro atoms. The van der Waals surface area contributed by atoms with Gasteiger partial charge in [-0.3, -0.25) is 9.69 Å². The van der Waals surface area contributed by atoms with Crippen LogP contribution >= 0.6 is 0 Å². The van der Waals surface area contributed by atoms with Gasteiger partial charge in [-0.2, -0.15) is 0 Å². The standard InChI is InChI=1S/C27H39NO4/c1-7-9-22-20(21-14-24(31-5)23(30-4)12-17(21)3)10-11-28-16-18-13-19(8-2)25(28)27(22,15-18)26(29)32-6/h12,14,18-19,25H,7-11,13,15-16H2,1-6H3/t18-,19?,25?,27?/m0/s1. The number of ether oxygens (including phenoxy) is 3. The molecule has 1 aromatic carbocycles. The van der Waals surface area contributed by atoms with Crippen LogP contribution in [0.15, 0.2) is 17.7 Å². The van der Waals surface area contributed by atoms with Crippen molar-refractivity contribution >= 4 is 11.5 Å². The number of benzene rings is 1. The van der Waals surface area contributed by atoms with Gasteiger partial charge < -0.3 is 14.2 Å². The maximum Gasteiger partial charge on any atom is 0.317 e. The Kier molecular flexibility index (Phi) is 6.58. The Bertz CT molecular complexity index is 907. The number of hydrogen-bond acceptors (Lipinski definition) is 5. The van der Waals surface area contributed by atoms with E-state index in [1.807, 2.05) is 0 Å². The van der Waals surface area contributed by atoms with Crippen molar-refractivity contribution in [3.05, 3.63) is 28.8 Å². The molecule has 0 radical (unpaired) electrons. The highest BCUT2D eigenvalue weighted by molar-refractivity contribution is 5.88. The Morgan fingerprint density at radius 2 is 1.88 bits per heavy atom. The molecule has 5 nitrogen and oxygen atoms in total. The van der Waals surface area contributed by atoms with E-state index in [1.54, 1.807) is 21.3 Å². The summed E-state index contributed by atoms with van der Waals surface area (Å²) < 4.78 is 16.8. The van der Waals surface area contributed by atoms with Crippen LogP contribution in [0, 0.1) is 24.2 Å². The van der Waals surface area contributed by atoms with Crippen molar-refractivity contribution in [2.75, 3.05) is 34.4 Å². The van der Waals surface area contributed by atoms with Crippen molar-refractivity contribution in [1.82, 2.24) is 4.90 Å². The zero-order valence-corrected chi connectivity index (χ0v) is 20.6. The summed E-state index contributed by atoms with van der Waals surface area (Å²) in [6, 6.07) is 4.42. The summed E-state index contributed by atoms with van der Waals surface area (Å²) in [5.41, 5.74) is 4.44. The molecule has 5 rings (SSSR count). The summed E-state index contributed by atoms with van der Waals surface area (Å²) in [4.78, 5) is 16.4. The minimum Gasteiger partial charge on any atom is -0.493 e. The molecule has 4 bridgehead atoms. The Morgan fingerprint density at radius 1 is 1.16 bits per heavy atom. The van der Waals surface area contributed by atoms with Gasteiger partial charge in [0.15, 0.2) is 11.5 Å². The van der Waals surface area contributed by atoms with Crippen LogP contribution in [-0.2, 0) is 9.53 Å². The second kappa shape index (κ2) is 9.09. The fraction of sp³-hybridized carbons (Fsp3) is 0.667. The molecule has 3 heterocycles. The molecule has 0 N–H and O–H groups in total. The SMILES string of the molecule is CCCC1=C(c2cc(OC)c(OC)cc2C)CCN2C[C@H]3CC(CC)C2C1(C(=O)OC)C3. The zero-order chi connectivity index (χ0) is 23.0. The summed E-state index contributed by atoms with van der Waals surface area (Å²) in [6.45, 7) is 8.74. The molecule has 5 heteroatoms. The van der Waals surface area contributed by atoms with E-state index in [2.05, 4.69) is 37.8 Å². The van der Waals surface area contributed by atoms with Gasteiger partial charge in [-0.1, -0.05) is 26.7 Å². The fourth-order valence-electron chi connectivity index (χ4n) is 7.15. The third kappa shape index (κ3) is 3.44. The lowest BCUT2D eigenvalue weighted by Gasteiger charge is -2.59. The van der Waals surface area contributed by atoms with Crippen LogP contribution in [0.2, 0.25) is 0 Å². The first-order valence-electron chi connectivity index (χ1n) is 12.2. The van der Waals surface area contributed by atoms with E-state index in [0.717, 1.165) is 62.3 Å². The number of rotatable bonds is 7. The number of fused-ring (bicyclic) bond motifs is 1. The molecule has 4 aliphatic rings. The smallest absolute Gasteiger partial charge is 0.317 e. The highest BCUT2D eigenvalue weighted by Gasteiger charge is 2.62. The predicted octanol–water partition coefficient (Wildman–Crippen LogP) is 5.25. The first-order chi connectivity index (χ1) is 15.4. The van der Waals surface area contributed by atoms with Gasteiger partial charge in [-0.25, -0.2) is 0 Å². The van der Waals surface area contributed by atoms with Gasteiger partial charge in [0.05, 0.1) is 21.3 Å². The summed E-state index contributed by atoms with van der Waals surface area (Å²) in [5.74, 6) is 2.55. The van der Waals surface area contributed by atoms with Crippen molar-refractivity contribution in [3.8, 4) is 11.5 Å². The maximum atomic E-state index is 13.7. The molecule has 32 heavy (non-hydrogen) atoms. The van der Waals surface area contributed by atoms with Gasteiger partial charge in [-0.05, 0) is 78.8 Å². The quantitative estimate of drug-likeness (QED) is 0.541. The van der Waals surface area contributed by atoms with Gasteiger partial charge in [-0.15, -0.1) is 0 Å². The summed E-state index contributed by atoms with van der Waals surface area (Å²) in [7, 11) is 4.93. The predicted molar refractivity (Wildman–Crippen MR) is 127 cm³/mol. The molecular formula is C27H39NO4. The Balaban J connectivity index is 1.99. The van der Waals surface area contributed by atoms with E-state index in [4.69, 9.17) is 14.2 Å². The number of esters is 1. The van der Waals surface area contributed by atoms with E-state index in [1.165, 1.54) is 23.1 Å². The average Bonchev–Trinajstić information content (AvgIpc) is 2.91. The number of carbonyl (C=O) groups is 1. The Hall–Kier alpha value is -2.01. The highest BCUT2D eigenvalue weighted by atomic mass is 16.5. The van der Waals surface area contributed by atoms with Crippen molar-refractivity contribution in [1.29, 1.82) is 0 Å². The van der Waals surface area contributed by atoms with Crippen LogP contribution < -0.4 is 9.47 Å². The number of aryl methyl sites for hydroxylation is 1. The lowest BCUT2D eigenvalue weighted by atomic mass is 9.54. The molecule has 5 atom stereocenters. The minimum atomic E-state index is -0.544. The number of carbonyl (C=O) groups excluding carboxylic acids is 1. The van der Waals surface area contributed by atoms with E-state index in [-0.39, 0.29) is 12.0 Å². The Morgan fingerprint density at radius 3 is 2.50 bits per heavy atom. The third-order valence-electron chi connectivity index (χ3n) is 8.27. The van der Waals surface area contributed by atoms with Crippen LogP contribution in [0.25, 0.3) is 5.57 Å². The highest BCUT2D eigenvalue weighted by Crippen LogP contribution is 2.59. The van der Waals surface area contributed by atoms with Crippen molar-refractivity contribution in [3.63, 3.8) is 0 Å². The Labute approximate surface area is 193 Å². The molecule has 1 saturated carbocycles. The van der Waals surface area contributed by atoms with Crippen LogP contribution in [-0.4, -0.2) is 51.3 Å². The number of nitrogens with zero attached hydrogens (tertiary/aromatic N) is 1. The number of hydrogen-bond donors (Lipinski definition) is 0. The van der Waals surface area contributed by atoms with Gasteiger partial charge in [0.25, 0.3) is 0 Å². The van der Waals surface area contributed by atoms with E-state index < -0.39 is 5.41 Å². The first kappa shape index (κ1) is 23.2. The molecule has 3 aliphatic heterocycles. The second-order valence-electron chi connectivity index (χ2n) is 9.86. The van der Waals surface area contributed by atoms with E-state index >= 15 is 0 Å². The molecular weight excluding hydrogens is 402 g/mol. The van der Waals surface area contributed by atoms with Crippen LogP contribution in [0.5, 0.6) is 11.5 Å². The van der Waals surface area contributed by atoms with Crippen molar-refractivity contribution < 1.29 is 19.0 Å². The maximum absolute atomic E-state index is 13.7. The van der Waals surface area contributed by atoms with Gasteiger partial charge in [0.2, 0.25) is 0 Å². The second-order valence-corrected chi connectivity index (χ2v) is 9.86. The molecule has 0 amide bonds. The molecule has 0 aromatic heterocycles. The fourth-order valence-corrected chi connectivity index (χ4v) is 7.15. The largest absolute Gasteiger partial charge is 0.493 e. The van der Waals surface area contributed by atoms with E-state index in [0.29, 0.717) is 11.8 Å². The van der Waals surface area contributed by atoms with Crippen LogP contribution in [0.4, 0.5) is 0 Å². The molecule has 176 valence electrons. The number of methoxy groups -OCH3 is 3. The lowest BCUT2D eigenvalue weighted by molar-refractivity contribution is -0.169. The lowest BCUT2D eigenvalue weighted by Crippen LogP contribution is -2.65. The summed E-state index contributed by atoms with van der Waals surface area (Å²) in [5, 5.41) is 0. The van der Waals surface area contributed by atoms with E-state index in [9.17, 15) is 4.79 Å². The minimum absolute atomic E-state index is 0.0312. The normalized spacial score (nSPS) is 31.3. The molecule has 4 unspecified atom stereocenters. The van der Waals surface area contributed by atoms with Crippen molar-refractivity contribution in [2.24, 2.45) is 17.3 Å². The van der Waals surface area contributed by atoms with Gasteiger partial charge >= 0.3 is 5.97 Å². The molecule has 1 aromatic rings. The van der Waals surface area contributed by atoms with Gasteiger partial charge in [0, 0.05) is 19.1 Å². The monoisotopic (exact) mass is 441 g/mol. The first-order valence-corrected chi connectivity index (χ1v) is 12.2. The van der Waals surface area contributed by atoms with Crippen LogP contribution in [0.1, 0.15) is 63.5 Å². The topological polar surface area (TPSA) is 48.0 Å². The molecule has 2 saturated heterocycles. The number of piperidine rings is 2.